The molecule has 1 aliphatic rings. The number of hydrogen-bond acceptors (Lipinski definition) is 4. The minimum atomic E-state index is 0.0731. The molecule has 1 saturated heterocycles. The highest BCUT2D eigenvalue weighted by molar-refractivity contribution is 9.10. The highest BCUT2D eigenvalue weighted by atomic mass is 79.9. The molecule has 0 amide bonds. The Kier molecular flexibility index (Phi) is 5.98. The molecule has 1 atom stereocenters. The first-order valence-electron chi connectivity index (χ1n) is 7.05. The molecule has 1 unspecified atom stereocenters. The van der Waals surface area contributed by atoms with E-state index in [1.54, 1.807) is 0 Å². The van der Waals surface area contributed by atoms with Crippen LogP contribution < -0.4 is 10.5 Å². The smallest absolute Gasteiger partial charge is 0.129 e. The number of nitrogens with zero attached hydrogens (tertiary/aromatic N) is 1. The number of thiocarbonyl (C=S) groups is 1. The van der Waals surface area contributed by atoms with Crippen LogP contribution in [0.25, 0.3) is 0 Å². The Hall–Kier alpha value is -0.690. The van der Waals surface area contributed by atoms with Crippen LogP contribution >= 0.6 is 28.1 Å². The van der Waals surface area contributed by atoms with Gasteiger partial charge in [-0.25, -0.2) is 0 Å². The summed E-state index contributed by atoms with van der Waals surface area (Å²) < 4.78 is 12.6. The van der Waals surface area contributed by atoms with Crippen molar-refractivity contribution in [2.24, 2.45) is 5.73 Å². The molecule has 0 spiro atoms. The minimum absolute atomic E-state index is 0.0731. The summed E-state index contributed by atoms with van der Waals surface area (Å²) >= 11 is 8.48. The molecule has 1 aliphatic heterocycles. The van der Waals surface area contributed by atoms with Crippen molar-refractivity contribution in [1.82, 2.24) is 4.90 Å². The van der Waals surface area contributed by atoms with Crippen LogP contribution in [0.5, 0.6) is 5.75 Å². The zero-order chi connectivity index (χ0) is 15.4. The fraction of sp³-hybridized carbons (Fsp3) is 0.533. The number of morpholine rings is 1. The molecule has 0 aliphatic carbocycles. The Labute approximate surface area is 139 Å². The summed E-state index contributed by atoms with van der Waals surface area (Å²) in [7, 11) is 0. The molecule has 0 bridgehead atoms. The second-order valence-corrected chi connectivity index (χ2v) is 6.75. The van der Waals surface area contributed by atoms with Crippen molar-refractivity contribution < 1.29 is 9.47 Å². The number of benzene rings is 1. The fourth-order valence-corrected chi connectivity index (χ4v) is 2.84. The molecule has 2 rings (SSSR count). The van der Waals surface area contributed by atoms with Crippen molar-refractivity contribution in [2.45, 2.75) is 26.0 Å². The lowest BCUT2D eigenvalue weighted by atomic mass is 10.2. The summed E-state index contributed by atoms with van der Waals surface area (Å²) in [5.74, 6) is 0.705. The van der Waals surface area contributed by atoms with Gasteiger partial charge in [0.25, 0.3) is 0 Å². The lowest BCUT2D eigenvalue weighted by Crippen LogP contribution is -2.47. The molecule has 0 aromatic heterocycles. The molecule has 1 aromatic carbocycles. The molecule has 6 heteroatoms. The SMILES string of the molecule is CC(C)N1CCOC(COc2ccc(Br)cc2C(N)=S)C1. The van der Waals surface area contributed by atoms with Crippen molar-refractivity contribution in [3.63, 3.8) is 0 Å². The van der Waals surface area contributed by atoms with Gasteiger partial charge in [0.1, 0.15) is 23.4 Å². The summed E-state index contributed by atoms with van der Waals surface area (Å²) in [6.07, 6.45) is 0.0731. The number of ether oxygens (including phenoxy) is 2. The predicted octanol–water partition coefficient (Wildman–Crippen LogP) is 2.57. The van der Waals surface area contributed by atoms with Crippen LogP contribution in [0.3, 0.4) is 0 Å². The van der Waals surface area contributed by atoms with Crippen LogP contribution in [0.2, 0.25) is 0 Å². The number of halogens is 1. The fourth-order valence-electron chi connectivity index (χ4n) is 2.32. The normalized spacial score (nSPS) is 19.7. The average Bonchev–Trinajstić information content (AvgIpc) is 2.46. The largest absolute Gasteiger partial charge is 0.490 e. The Balaban J connectivity index is 1.98. The summed E-state index contributed by atoms with van der Waals surface area (Å²) in [5, 5.41) is 0. The van der Waals surface area contributed by atoms with Crippen LogP contribution in [0, 0.1) is 0 Å². The molecule has 1 heterocycles. The predicted molar refractivity (Wildman–Crippen MR) is 92.0 cm³/mol. The number of rotatable bonds is 5. The van der Waals surface area contributed by atoms with E-state index in [9.17, 15) is 0 Å². The monoisotopic (exact) mass is 372 g/mol. The van der Waals surface area contributed by atoms with Crippen LogP contribution in [0.1, 0.15) is 19.4 Å². The van der Waals surface area contributed by atoms with Gasteiger partial charge in [0.05, 0.1) is 12.2 Å². The summed E-state index contributed by atoms with van der Waals surface area (Å²) in [6, 6.07) is 6.19. The van der Waals surface area contributed by atoms with Gasteiger partial charge in [0.2, 0.25) is 0 Å². The van der Waals surface area contributed by atoms with Gasteiger partial charge in [-0.05, 0) is 32.0 Å². The van der Waals surface area contributed by atoms with E-state index in [0.717, 1.165) is 29.7 Å². The van der Waals surface area contributed by atoms with Gasteiger partial charge in [-0.2, -0.15) is 0 Å². The van der Waals surface area contributed by atoms with Gasteiger partial charge in [-0.1, -0.05) is 28.1 Å². The second-order valence-electron chi connectivity index (χ2n) is 5.40. The van der Waals surface area contributed by atoms with E-state index in [-0.39, 0.29) is 6.10 Å². The van der Waals surface area contributed by atoms with E-state index in [1.807, 2.05) is 18.2 Å². The van der Waals surface area contributed by atoms with Gasteiger partial charge in [0, 0.05) is 23.6 Å². The van der Waals surface area contributed by atoms with Gasteiger partial charge < -0.3 is 15.2 Å². The maximum absolute atomic E-state index is 5.88. The molecule has 0 radical (unpaired) electrons. The van der Waals surface area contributed by atoms with Gasteiger partial charge in [-0.15, -0.1) is 0 Å². The van der Waals surface area contributed by atoms with E-state index >= 15 is 0 Å². The van der Waals surface area contributed by atoms with Crippen molar-refractivity contribution in [2.75, 3.05) is 26.3 Å². The van der Waals surface area contributed by atoms with E-state index in [1.165, 1.54) is 0 Å². The molecule has 0 saturated carbocycles. The molecular weight excluding hydrogens is 352 g/mol. The molecule has 1 aromatic rings. The second kappa shape index (κ2) is 7.54. The maximum Gasteiger partial charge on any atom is 0.129 e. The van der Waals surface area contributed by atoms with Gasteiger partial charge >= 0.3 is 0 Å². The number of nitrogens with two attached hydrogens (primary N) is 1. The zero-order valence-corrected chi connectivity index (χ0v) is 14.7. The molecule has 2 N–H and O–H groups in total. The Morgan fingerprint density at radius 3 is 3.00 bits per heavy atom. The highest BCUT2D eigenvalue weighted by Gasteiger charge is 2.23. The van der Waals surface area contributed by atoms with E-state index < -0.39 is 0 Å². The van der Waals surface area contributed by atoms with Crippen molar-refractivity contribution >= 4 is 33.1 Å². The summed E-state index contributed by atoms with van der Waals surface area (Å²) in [4.78, 5) is 2.73. The summed E-state index contributed by atoms with van der Waals surface area (Å²) in [6.45, 7) is 7.50. The minimum Gasteiger partial charge on any atom is -0.490 e. The van der Waals surface area contributed by atoms with Crippen LogP contribution in [-0.4, -0.2) is 48.3 Å². The molecule has 21 heavy (non-hydrogen) atoms. The summed E-state index contributed by atoms with van der Waals surface area (Å²) in [5.41, 5.74) is 6.49. The van der Waals surface area contributed by atoms with Crippen molar-refractivity contribution in [3.8, 4) is 5.75 Å². The van der Waals surface area contributed by atoms with Gasteiger partial charge in [0.15, 0.2) is 0 Å². The van der Waals surface area contributed by atoms with E-state index in [4.69, 9.17) is 27.4 Å². The Morgan fingerprint density at radius 2 is 2.33 bits per heavy atom. The maximum atomic E-state index is 5.88. The van der Waals surface area contributed by atoms with E-state index in [0.29, 0.717) is 23.4 Å². The number of hydrogen-bond donors (Lipinski definition) is 1. The van der Waals surface area contributed by atoms with E-state index in [2.05, 4.69) is 34.7 Å². The first kappa shape index (κ1) is 16.7. The van der Waals surface area contributed by atoms with Crippen molar-refractivity contribution in [3.05, 3.63) is 28.2 Å². The Morgan fingerprint density at radius 1 is 1.57 bits per heavy atom. The molecule has 1 fully saturated rings. The van der Waals surface area contributed by atoms with Crippen LogP contribution in [0.15, 0.2) is 22.7 Å². The Bertz CT molecular complexity index is 510. The van der Waals surface area contributed by atoms with Gasteiger partial charge in [-0.3, -0.25) is 4.90 Å². The highest BCUT2D eigenvalue weighted by Crippen LogP contribution is 2.24. The van der Waals surface area contributed by atoms with Crippen molar-refractivity contribution in [1.29, 1.82) is 0 Å². The van der Waals surface area contributed by atoms with Crippen LogP contribution in [-0.2, 0) is 4.74 Å². The third-order valence-corrected chi connectivity index (χ3v) is 4.25. The van der Waals surface area contributed by atoms with Crippen LogP contribution in [0.4, 0.5) is 0 Å². The topological polar surface area (TPSA) is 47.7 Å². The molecular formula is C15H21BrN2O2S. The molecule has 4 nitrogen and oxygen atoms in total. The zero-order valence-electron chi connectivity index (χ0n) is 12.3. The standard InChI is InChI=1S/C15H21BrN2O2S/c1-10(2)18-5-6-19-12(8-18)9-20-14-4-3-11(16)7-13(14)15(17)21/h3-4,7,10,12H,5-6,8-9H2,1-2H3,(H2,17,21). The lowest BCUT2D eigenvalue weighted by Gasteiger charge is -2.35. The first-order valence-corrected chi connectivity index (χ1v) is 8.25. The lowest BCUT2D eigenvalue weighted by molar-refractivity contribution is -0.0564. The third-order valence-electron chi connectivity index (χ3n) is 3.53. The molecule has 116 valence electrons. The average molecular weight is 373 g/mol. The third kappa shape index (κ3) is 4.64. The first-order chi connectivity index (χ1) is 9.97. The quantitative estimate of drug-likeness (QED) is 0.804.